The van der Waals surface area contributed by atoms with E-state index in [1.54, 1.807) is 13.0 Å². The molecular formula is C13H17N3O2. The molecule has 2 rings (SSSR count). The fourth-order valence-corrected chi connectivity index (χ4v) is 1.74. The molecule has 0 saturated carbocycles. The fourth-order valence-electron chi connectivity index (χ4n) is 1.74. The summed E-state index contributed by atoms with van der Waals surface area (Å²) in [6.07, 6.45) is 0.271. The average Bonchev–Trinajstić information content (AvgIpc) is 2.36. The normalized spacial score (nSPS) is 12.6. The topological polar surface area (TPSA) is 69.2 Å². The Labute approximate surface area is 105 Å². The van der Waals surface area contributed by atoms with Gasteiger partial charge in [0.05, 0.1) is 17.0 Å². The molecule has 0 spiro atoms. The number of hydrogen-bond acceptors (Lipinski definition) is 4. The van der Waals surface area contributed by atoms with Gasteiger partial charge in [-0.05, 0) is 25.5 Å². The number of anilines is 1. The van der Waals surface area contributed by atoms with Crippen molar-refractivity contribution in [3.05, 3.63) is 34.6 Å². The number of hydrogen-bond donors (Lipinski definition) is 2. The van der Waals surface area contributed by atoms with Crippen molar-refractivity contribution in [3.8, 4) is 0 Å². The van der Waals surface area contributed by atoms with Gasteiger partial charge in [0.2, 0.25) is 5.95 Å². The van der Waals surface area contributed by atoms with Gasteiger partial charge in [-0.25, -0.2) is 4.98 Å². The largest absolute Gasteiger partial charge is 0.393 e. The number of nitrogens with zero attached hydrogens (tertiary/aromatic N) is 2. The standard InChI is InChI=1S/C13H17N3O2/c1-9(17)7-8-16(2)13-14-11-6-4-3-5-10(11)12(18)15-13/h3-6,9,17H,7-8H2,1-2H3,(H,14,15,18). The first-order chi connectivity index (χ1) is 8.58. The summed E-state index contributed by atoms with van der Waals surface area (Å²) in [6.45, 7) is 2.38. The first-order valence-corrected chi connectivity index (χ1v) is 5.96. The maximum absolute atomic E-state index is 11.9. The lowest BCUT2D eigenvalue weighted by Gasteiger charge is -2.18. The molecule has 1 heterocycles. The molecule has 0 aliphatic carbocycles. The lowest BCUT2D eigenvalue weighted by molar-refractivity contribution is 0.186. The molecule has 0 bridgehead atoms. The summed E-state index contributed by atoms with van der Waals surface area (Å²) in [5.74, 6) is 0.527. The van der Waals surface area contributed by atoms with E-state index in [2.05, 4.69) is 9.97 Å². The van der Waals surface area contributed by atoms with Gasteiger partial charge in [0.15, 0.2) is 0 Å². The highest BCUT2D eigenvalue weighted by atomic mass is 16.3. The molecule has 5 nitrogen and oxygen atoms in total. The number of aliphatic hydroxyl groups excluding tert-OH is 1. The van der Waals surface area contributed by atoms with Gasteiger partial charge in [0, 0.05) is 13.6 Å². The van der Waals surface area contributed by atoms with Crippen LogP contribution in [0.15, 0.2) is 29.1 Å². The van der Waals surface area contributed by atoms with Crippen molar-refractivity contribution in [1.82, 2.24) is 9.97 Å². The summed E-state index contributed by atoms with van der Waals surface area (Å²) in [5, 5.41) is 9.84. The third-order valence-electron chi connectivity index (χ3n) is 2.84. The molecular weight excluding hydrogens is 230 g/mol. The van der Waals surface area contributed by atoms with Gasteiger partial charge in [-0.3, -0.25) is 9.78 Å². The highest BCUT2D eigenvalue weighted by molar-refractivity contribution is 5.78. The van der Waals surface area contributed by atoms with Crippen LogP contribution in [0.2, 0.25) is 0 Å². The summed E-state index contributed by atoms with van der Waals surface area (Å²) in [5.41, 5.74) is 0.541. The average molecular weight is 247 g/mol. The number of H-pyrrole nitrogens is 1. The molecule has 0 saturated heterocycles. The van der Waals surface area contributed by atoms with E-state index in [0.717, 1.165) is 0 Å². The Morgan fingerprint density at radius 3 is 2.89 bits per heavy atom. The van der Waals surface area contributed by atoms with Crippen LogP contribution in [0.25, 0.3) is 10.9 Å². The first-order valence-electron chi connectivity index (χ1n) is 5.96. The van der Waals surface area contributed by atoms with Crippen LogP contribution in [-0.2, 0) is 0 Å². The molecule has 1 atom stereocenters. The van der Waals surface area contributed by atoms with Gasteiger partial charge in [0.1, 0.15) is 0 Å². The molecule has 0 aliphatic rings. The SMILES string of the molecule is CC(O)CCN(C)c1nc2ccccc2c(=O)[nH]1. The van der Waals surface area contributed by atoms with Gasteiger partial charge in [-0.1, -0.05) is 12.1 Å². The number of para-hydroxylation sites is 1. The number of nitrogens with one attached hydrogen (secondary N) is 1. The Morgan fingerprint density at radius 1 is 1.44 bits per heavy atom. The van der Waals surface area contributed by atoms with E-state index < -0.39 is 0 Å². The van der Waals surface area contributed by atoms with Crippen molar-refractivity contribution in [3.63, 3.8) is 0 Å². The number of rotatable bonds is 4. The third kappa shape index (κ3) is 2.68. The fraction of sp³-hybridized carbons (Fsp3) is 0.385. The highest BCUT2D eigenvalue weighted by Gasteiger charge is 2.08. The second-order valence-electron chi connectivity index (χ2n) is 4.47. The summed E-state index contributed by atoms with van der Waals surface area (Å²) < 4.78 is 0. The summed E-state index contributed by atoms with van der Waals surface area (Å²) >= 11 is 0. The number of aromatic nitrogens is 2. The van der Waals surface area contributed by atoms with E-state index in [0.29, 0.717) is 29.8 Å². The minimum absolute atomic E-state index is 0.139. The van der Waals surface area contributed by atoms with Gasteiger partial charge >= 0.3 is 0 Å². The molecule has 0 amide bonds. The molecule has 0 radical (unpaired) electrons. The van der Waals surface area contributed by atoms with Crippen molar-refractivity contribution >= 4 is 16.9 Å². The van der Waals surface area contributed by atoms with E-state index >= 15 is 0 Å². The molecule has 1 aromatic carbocycles. The van der Waals surface area contributed by atoms with Gasteiger partial charge in [-0.2, -0.15) is 0 Å². The molecule has 2 N–H and O–H groups in total. The van der Waals surface area contributed by atoms with Gasteiger partial charge in [0.25, 0.3) is 5.56 Å². The van der Waals surface area contributed by atoms with Gasteiger partial charge < -0.3 is 10.0 Å². The smallest absolute Gasteiger partial charge is 0.260 e. The second kappa shape index (κ2) is 5.18. The monoisotopic (exact) mass is 247 g/mol. The zero-order valence-electron chi connectivity index (χ0n) is 10.6. The first kappa shape index (κ1) is 12.6. The van der Waals surface area contributed by atoms with E-state index in [4.69, 9.17) is 0 Å². The van der Waals surface area contributed by atoms with E-state index in [1.165, 1.54) is 0 Å². The molecule has 0 aliphatic heterocycles. The summed E-state index contributed by atoms with van der Waals surface area (Å²) in [4.78, 5) is 20.9. The third-order valence-corrected chi connectivity index (χ3v) is 2.84. The van der Waals surface area contributed by atoms with Crippen molar-refractivity contribution in [2.45, 2.75) is 19.4 Å². The quantitative estimate of drug-likeness (QED) is 0.849. The Kier molecular flexibility index (Phi) is 3.62. The predicted octanol–water partition coefficient (Wildman–Crippen LogP) is 1.13. The van der Waals surface area contributed by atoms with Gasteiger partial charge in [-0.15, -0.1) is 0 Å². The maximum Gasteiger partial charge on any atom is 0.260 e. The van der Waals surface area contributed by atoms with E-state index in [9.17, 15) is 9.90 Å². The van der Waals surface area contributed by atoms with Crippen LogP contribution in [0.1, 0.15) is 13.3 Å². The van der Waals surface area contributed by atoms with Crippen molar-refractivity contribution < 1.29 is 5.11 Å². The van der Waals surface area contributed by atoms with Crippen LogP contribution in [0.3, 0.4) is 0 Å². The Balaban J connectivity index is 2.31. The molecule has 1 aromatic heterocycles. The number of benzene rings is 1. The number of fused-ring (bicyclic) bond motifs is 1. The van der Waals surface area contributed by atoms with Crippen LogP contribution >= 0.6 is 0 Å². The number of aromatic amines is 1. The Bertz CT molecular complexity index is 592. The molecule has 96 valence electrons. The van der Waals surface area contributed by atoms with Crippen LogP contribution in [0, 0.1) is 0 Å². The second-order valence-corrected chi connectivity index (χ2v) is 4.47. The molecule has 0 fully saturated rings. The minimum atomic E-state index is -0.361. The van der Waals surface area contributed by atoms with Crippen molar-refractivity contribution in [2.75, 3.05) is 18.5 Å². The molecule has 2 aromatic rings. The van der Waals surface area contributed by atoms with Crippen LogP contribution in [0.4, 0.5) is 5.95 Å². The highest BCUT2D eigenvalue weighted by Crippen LogP contribution is 2.10. The molecule has 18 heavy (non-hydrogen) atoms. The summed E-state index contributed by atoms with van der Waals surface area (Å²) in [7, 11) is 1.84. The van der Waals surface area contributed by atoms with E-state index in [-0.39, 0.29) is 11.7 Å². The van der Waals surface area contributed by atoms with Crippen LogP contribution in [0.5, 0.6) is 0 Å². The lowest BCUT2D eigenvalue weighted by Crippen LogP contribution is -2.26. The zero-order valence-corrected chi connectivity index (χ0v) is 10.6. The molecule has 1 unspecified atom stereocenters. The van der Waals surface area contributed by atoms with Crippen molar-refractivity contribution in [1.29, 1.82) is 0 Å². The maximum atomic E-state index is 11.9. The minimum Gasteiger partial charge on any atom is -0.393 e. The summed E-state index contributed by atoms with van der Waals surface area (Å²) in [6, 6.07) is 7.24. The Hall–Kier alpha value is -1.88. The zero-order chi connectivity index (χ0) is 13.1. The molecule has 5 heteroatoms. The Morgan fingerprint density at radius 2 is 2.17 bits per heavy atom. The van der Waals surface area contributed by atoms with Crippen LogP contribution < -0.4 is 10.5 Å². The van der Waals surface area contributed by atoms with E-state index in [1.807, 2.05) is 30.1 Å². The van der Waals surface area contributed by atoms with Crippen LogP contribution in [-0.4, -0.2) is 34.8 Å². The van der Waals surface area contributed by atoms with Crippen molar-refractivity contribution in [2.24, 2.45) is 0 Å². The number of aliphatic hydroxyl groups is 1. The lowest BCUT2D eigenvalue weighted by atomic mass is 10.2. The predicted molar refractivity (Wildman–Crippen MR) is 71.9 cm³/mol.